The molecule has 1 aromatic carbocycles. The summed E-state index contributed by atoms with van der Waals surface area (Å²) in [6.07, 6.45) is 0.133. The van der Waals surface area contributed by atoms with Crippen molar-refractivity contribution in [3.63, 3.8) is 0 Å². The Balaban J connectivity index is 2.59. The van der Waals surface area contributed by atoms with E-state index < -0.39 is 0 Å². The Labute approximate surface area is 117 Å². The van der Waals surface area contributed by atoms with E-state index in [4.69, 9.17) is 0 Å². The minimum absolute atomic E-state index is 0.0693. The number of carbonyl (C=O) groups is 3. The number of nitrogens with one attached hydrogen (secondary N) is 1. The highest BCUT2D eigenvalue weighted by atomic mass is 16.5. The van der Waals surface area contributed by atoms with Crippen molar-refractivity contribution >= 4 is 23.5 Å². The van der Waals surface area contributed by atoms with E-state index in [2.05, 4.69) is 10.1 Å². The molecule has 0 atom stereocenters. The van der Waals surface area contributed by atoms with E-state index >= 15 is 0 Å². The first kappa shape index (κ1) is 15.7. The summed E-state index contributed by atoms with van der Waals surface area (Å²) in [7, 11) is 2.88. The first-order chi connectivity index (χ1) is 9.43. The van der Waals surface area contributed by atoms with Gasteiger partial charge in [-0.3, -0.25) is 9.59 Å². The molecule has 0 saturated carbocycles. The summed E-state index contributed by atoms with van der Waals surface area (Å²) in [5.74, 6) is -0.441. The second-order valence-electron chi connectivity index (χ2n) is 4.31. The van der Waals surface area contributed by atoms with Crippen LogP contribution in [-0.2, 0) is 9.53 Å². The van der Waals surface area contributed by atoms with Crippen LogP contribution in [-0.4, -0.2) is 43.4 Å². The molecule has 2 amide bonds. The molecule has 108 valence electrons. The van der Waals surface area contributed by atoms with Gasteiger partial charge in [-0.15, -0.1) is 0 Å². The van der Waals surface area contributed by atoms with E-state index in [-0.39, 0.29) is 30.7 Å². The van der Waals surface area contributed by atoms with Gasteiger partial charge in [0.15, 0.2) is 5.78 Å². The third kappa shape index (κ3) is 4.72. The fourth-order valence-corrected chi connectivity index (χ4v) is 1.50. The number of Topliss-reactive ketones (excluding diaryl/α,β-unsaturated/α-hetero) is 1. The Morgan fingerprint density at radius 1 is 1.30 bits per heavy atom. The maximum atomic E-state index is 11.9. The smallest absolute Gasteiger partial charge is 0.321 e. The highest BCUT2D eigenvalue weighted by Crippen LogP contribution is 2.11. The Kier molecular flexibility index (Phi) is 5.71. The summed E-state index contributed by atoms with van der Waals surface area (Å²) < 4.78 is 4.51. The van der Waals surface area contributed by atoms with Gasteiger partial charge >= 0.3 is 12.0 Å². The van der Waals surface area contributed by atoms with Gasteiger partial charge in [-0.1, -0.05) is 12.1 Å². The predicted octanol–water partition coefficient (Wildman–Crippen LogP) is 1.92. The molecule has 0 radical (unpaired) electrons. The summed E-state index contributed by atoms with van der Waals surface area (Å²) in [5.41, 5.74) is 1.06. The molecule has 0 spiro atoms. The molecule has 0 heterocycles. The molecule has 1 aromatic rings. The molecule has 1 N–H and O–H groups in total. The van der Waals surface area contributed by atoms with E-state index in [9.17, 15) is 14.4 Å². The fourth-order valence-electron chi connectivity index (χ4n) is 1.50. The highest BCUT2D eigenvalue weighted by Gasteiger charge is 2.11. The minimum Gasteiger partial charge on any atom is -0.469 e. The minimum atomic E-state index is -0.372. The van der Waals surface area contributed by atoms with E-state index in [1.165, 1.54) is 18.9 Å². The topological polar surface area (TPSA) is 75.7 Å². The molecular weight excluding hydrogens is 260 g/mol. The molecule has 0 saturated heterocycles. The summed E-state index contributed by atoms with van der Waals surface area (Å²) in [4.78, 5) is 35.5. The number of rotatable bonds is 5. The van der Waals surface area contributed by atoms with Gasteiger partial charge in [-0.25, -0.2) is 4.79 Å². The Bertz CT molecular complexity index is 514. The van der Waals surface area contributed by atoms with Gasteiger partial charge in [0.1, 0.15) is 0 Å². The molecule has 20 heavy (non-hydrogen) atoms. The lowest BCUT2D eigenvalue weighted by Crippen LogP contribution is -2.33. The van der Waals surface area contributed by atoms with Crippen LogP contribution in [0.15, 0.2) is 24.3 Å². The largest absolute Gasteiger partial charge is 0.469 e. The van der Waals surface area contributed by atoms with Crippen molar-refractivity contribution < 1.29 is 19.1 Å². The Morgan fingerprint density at radius 2 is 2.00 bits per heavy atom. The number of carbonyl (C=O) groups excluding carboxylic acids is 3. The van der Waals surface area contributed by atoms with Gasteiger partial charge in [-0.05, 0) is 19.1 Å². The number of hydrogen-bond acceptors (Lipinski definition) is 4. The van der Waals surface area contributed by atoms with Crippen molar-refractivity contribution in [3.05, 3.63) is 29.8 Å². The van der Waals surface area contributed by atoms with Gasteiger partial charge in [-0.2, -0.15) is 0 Å². The quantitative estimate of drug-likeness (QED) is 0.659. The van der Waals surface area contributed by atoms with Gasteiger partial charge in [0, 0.05) is 24.8 Å². The van der Waals surface area contributed by atoms with Crippen LogP contribution < -0.4 is 5.32 Å². The molecule has 6 heteroatoms. The first-order valence-electron chi connectivity index (χ1n) is 6.14. The third-order valence-corrected chi connectivity index (χ3v) is 2.75. The van der Waals surface area contributed by atoms with Crippen molar-refractivity contribution in [2.45, 2.75) is 13.3 Å². The monoisotopic (exact) mass is 278 g/mol. The molecule has 0 aliphatic carbocycles. The number of methoxy groups -OCH3 is 1. The van der Waals surface area contributed by atoms with Crippen molar-refractivity contribution in [2.24, 2.45) is 0 Å². The maximum absolute atomic E-state index is 11.9. The second kappa shape index (κ2) is 7.28. The summed E-state index contributed by atoms with van der Waals surface area (Å²) >= 11 is 0. The number of nitrogens with zero attached hydrogens (tertiary/aromatic N) is 1. The molecule has 0 aliphatic heterocycles. The number of hydrogen-bond donors (Lipinski definition) is 1. The number of anilines is 1. The molecular formula is C14H18N2O4. The molecule has 0 bridgehead atoms. The number of ether oxygens (including phenoxy) is 1. The van der Waals surface area contributed by atoms with E-state index in [1.54, 1.807) is 31.3 Å². The first-order valence-corrected chi connectivity index (χ1v) is 6.14. The van der Waals surface area contributed by atoms with Crippen LogP contribution in [0.1, 0.15) is 23.7 Å². The molecule has 0 fully saturated rings. The van der Waals surface area contributed by atoms with Gasteiger partial charge in [0.05, 0.1) is 13.5 Å². The number of urea groups is 1. The normalized spacial score (nSPS) is 9.75. The standard InChI is InChI=1S/C14H18N2O4/c1-10(17)11-5-4-6-12(9-11)15-14(19)16(2)8-7-13(18)20-3/h4-6,9H,7-8H2,1-3H3,(H,15,19). The summed E-state index contributed by atoms with van der Waals surface area (Å²) in [6, 6.07) is 6.32. The van der Waals surface area contributed by atoms with Crippen molar-refractivity contribution in [1.29, 1.82) is 0 Å². The number of esters is 1. The van der Waals surface area contributed by atoms with Crippen molar-refractivity contribution in [2.75, 3.05) is 26.0 Å². The Hall–Kier alpha value is -2.37. The van der Waals surface area contributed by atoms with Gasteiger partial charge in [0.2, 0.25) is 0 Å². The van der Waals surface area contributed by atoms with Gasteiger partial charge in [0.25, 0.3) is 0 Å². The molecule has 0 aromatic heterocycles. The van der Waals surface area contributed by atoms with Crippen LogP contribution in [0, 0.1) is 0 Å². The average Bonchev–Trinajstić information content (AvgIpc) is 2.44. The number of ketones is 1. The van der Waals surface area contributed by atoms with Crippen LogP contribution in [0.5, 0.6) is 0 Å². The summed E-state index contributed by atoms with van der Waals surface area (Å²) in [6.45, 7) is 1.72. The van der Waals surface area contributed by atoms with E-state index in [0.717, 1.165) is 0 Å². The second-order valence-corrected chi connectivity index (χ2v) is 4.31. The number of benzene rings is 1. The SMILES string of the molecule is COC(=O)CCN(C)C(=O)Nc1cccc(C(C)=O)c1. The molecule has 0 aliphatic rings. The number of amides is 2. The molecule has 0 unspecified atom stereocenters. The molecule has 6 nitrogen and oxygen atoms in total. The Morgan fingerprint density at radius 3 is 2.60 bits per heavy atom. The van der Waals surface area contributed by atoms with Crippen molar-refractivity contribution in [1.82, 2.24) is 4.90 Å². The fraction of sp³-hybridized carbons (Fsp3) is 0.357. The average molecular weight is 278 g/mol. The third-order valence-electron chi connectivity index (χ3n) is 2.75. The zero-order valence-electron chi connectivity index (χ0n) is 11.8. The zero-order chi connectivity index (χ0) is 15.1. The van der Waals surface area contributed by atoms with Crippen LogP contribution in [0.2, 0.25) is 0 Å². The van der Waals surface area contributed by atoms with Crippen LogP contribution in [0.4, 0.5) is 10.5 Å². The van der Waals surface area contributed by atoms with E-state index in [0.29, 0.717) is 11.3 Å². The summed E-state index contributed by atoms with van der Waals surface area (Å²) in [5, 5.41) is 2.66. The van der Waals surface area contributed by atoms with Crippen LogP contribution in [0.3, 0.4) is 0 Å². The van der Waals surface area contributed by atoms with E-state index in [1.807, 2.05) is 0 Å². The van der Waals surface area contributed by atoms with Crippen LogP contribution in [0.25, 0.3) is 0 Å². The lowest BCUT2D eigenvalue weighted by atomic mass is 10.1. The lowest BCUT2D eigenvalue weighted by Gasteiger charge is -2.17. The van der Waals surface area contributed by atoms with Crippen LogP contribution >= 0.6 is 0 Å². The lowest BCUT2D eigenvalue weighted by molar-refractivity contribution is -0.140. The highest BCUT2D eigenvalue weighted by molar-refractivity contribution is 5.96. The molecule has 1 rings (SSSR count). The van der Waals surface area contributed by atoms with Gasteiger partial charge < -0.3 is 15.0 Å². The maximum Gasteiger partial charge on any atom is 0.321 e. The van der Waals surface area contributed by atoms with Crippen molar-refractivity contribution in [3.8, 4) is 0 Å². The zero-order valence-corrected chi connectivity index (χ0v) is 11.8. The predicted molar refractivity (Wildman–Crippen MR) is 74.7 cm³/mol.